The first kappa shape index (κ1) is 31.4. The van der Waals surface area contributed by atoms with Crippen LogP contribution in [0.25, 0.3) is 54.4 Å². The van der Waals surface area contributed by atoms with Crippen molar-refractivity contribution in [1.82, 2.24) is 15.0 Å². The summed E-state index contributed by atoms with van der Waals surface area (Å²) in [5, 5.41) is 2.38. The molecule has 6 heteroatoms. The second-order valence-electron chi connectivity index (χ2n) is 11.2. The molecule has 219 valence electrons. The van der Waals surface area contributed by atoms with Crippen molar-refractivity contribution in [3.63, 3.8) is 0 Å². The average molecular weight is 782 g/mol. The first-order valence-corrected chi connectivity index (χ1v) is 18.6. The summed E-state index contributed by atoms with van der Waals surface area (Å²) >= 11 is 1.69. The Morgan fingerprint density at radius 3 is 1.95 bits per heavy atom. The molecule has 0 unspecified atom stereocenters. The van der Waals surface area contributed by atoms with E-state index in [4.69, 9.17) is 9.97 Å². The molecule has 3 aromatic heterocycles. The van der Waals surface area contributed by atoms with Crippen molar-refractivity contribution in [3.05, 3.63) is 146 Å². The summed E-state index contributed by atoms with van der Waals surface area (Å²) in [5.41, 5.74) is 8.39. The Balaban J connectivity index is 0.000000248. The van der Waals surface area contributed by atoms with E-state index in [1.807, 2.05) is 60.8 Å². The number of rotatable bonds is 5. The number of hydrogen-bond acceptors (Lipinski definition) is 4. The van der Waals surface area contributed by atoms with Crippen molar-refractivity contribution >= 4 is 34.8 Å². The quantitative estimate of drug-likeness (QED) is 0.129. The third-order valence-electron chi connectivity index (χ3n) is 7.08. The maximum Gasteiger partial charge on any atom is 0.112 e. The summed E-state index contributed by atoms with van der Waals surface area (Å²) in [4.78, 5) is 14.0. The number of hydrogen-bond donors (Lipinski definition) is 0. The molecule has 0 spiro atoms. The van der Waals surface area contributed by atoms with Crippen molar-refractivity contribution in [2.24, 2.45) is 0 Å². The third-order valence-corrected chi connectivity index (χ3v) is 10.1. The van der Waals surface area contributed by atoms with Gasteiger partial charge in [-0.3, -0.25) is 4.98 Å². The molecule has 0 saturated carbocycles. The molecule has 0 N–H and O–H groups in total. The van der Waals surface area contributed by atoms with E-state index in [1.165, 1.54) is 5.19 Å². The molecule has 0 aliphatic carbocycles. The van der Waals surface area contributed by atoms with Crippen LogP contribution in [-0.2, 0) is 20.1 Å². The minimum absolute atomic E-state index is 0. The number of aromatic nitrogens is 3. The second-order valence-corrected chi connectivity index (χ2v) is 17.3. The number of nitrogens with zero attached hydrogens (tertiary/aromatic N) is 3. The molecule has 4 aromatic carbocycles. The molecule has 0 atom stereocenters. The van der Waals surface area contributed by atoms with Gasteiger partial charge < -0.3 is 9.97 Å². The SMILES string of the molecule is C[Si](C)(C)c1ccc(-c2[c-]c3sc(-c4ccccc4)nc3c(-c3ccccc3)c2)nc1.[Ir].[c-]1ccccc1-c1ccccn1. The van der Waals surface area contributed by atoms with Gasteiger partial charge in [0, 0.05) is 43.6 Å². The van der Waals surface area contributed by atoms with E-state index in [-0.39, 0.29) is 20.1 Å². The number of pyridine rings is 2. The Kier molecular flexibility index (Phi) is 10.1. The van der Waals surface area contributed by atoms with Crippen molar-refractivity contribution < 1.29 is 20.1 Å². The summed E-state index contributed by atoms with van der Waals surface area (Å²) in [6.07, 6.45) is 3.83. The van der Waals surface area contributed by atoms with Gasteiger partial charge >= 0.3 is 0 Å². The van der Waals surface area contributed by atoms with Crippen LogP contribution in [-0.4, -0.2) is 23.0 Å². The molecule has 0 aliphatic rings. The van der Waals surface area contributed by atoms with Crippen LogP contribution in [0, 0.1) is 12.1 Å². The van der Waals surface area contributed by atoms with Gasteiger partial charge in [-0.2, -0.15) is 0 Å². The molecule has 44 heavy (non-hydrogen) atoms. The molecule has 0 aliphatic heterocycles. The first-order valence-electron chi connectivity index (χ1n) is 14.3. The van der Waals surface area contributed by atoms with Gasteiger partial charge in [0.1, 0.15) is 5.01 Å². The van der Waals surface area contributed by atoms with Gasteiger partial charge in [-0.1, -0.05) is 110 Å². The van der Waals surface area contributed by atoms with Crippen molar-refractivity contribution in [1.29, 1.82) is 0 Å². The van der Waals surface area contributed by atoms with Crippen LogP contribution in [0.2, 0.25) is 19.6 Å². The number of fused-ring (bicyclic) bond motifs is 1. The molecule has 0 fully saturated rings. The summed E-state index contributed by atoms with van der Waals surface area (Å²) in [7, 11) is -1.38. The van der Waals surface area contributed by atoms with E-state index in [2.05, 4.69) is 103 Å². The van der Waals surface area contributed by atoms with Gasteiger partial charge in [0.05, 0.1) is 8.07 Å². The van der Waals surface area contributed by atoms with Gasteiger partial charge in [0.2, 0.25) is 0 Å². The molecule has 0 amide bonds. The maximum atomic E-state index is 5.01. The fourth-order valence-corrected chi connectivity index (χ4v) is 6.74. The third kappa shape index (κ3) is 7.35. The fourth-order valence-electron chi connectivity index (χ4n) is 4.71. The molecular weight excluding hydrogens is 751 g/mol. The minimum Gasteiger partial charge on any atom is -0.305 e. The van der Waals surface area contributed by atoms with Crippen LogP contribution < -0.4 is 5.19 Å². The minimum atomic E-state index is -1.38. The summed E-state index contributed by atoms with van der Waals surface area (Å²) < 4.78 is 1.06. The molecular formula is C38H31IrN3SSi-2. The standard InChI is InChI=1S/C27H23N2SSi.C11H8N.Ir/c1-31(2,3)22-14-15-24(28-18-22)21-16-23(19-10-6-4-7-11-19)26-25(17-21)30-27(29-26)20-12-8-5-9-13-20;1-2-6-10(7-3-1)11-8-4-5-9-12-11;/h4-16,18H,1-3H3;1-6,8-9H;/q2*-1;. The van der Waals surface area contributed by atoms with E-state index >= 15 is 0 Å². The van der Waals surface area contributed by atoms with Gasteiger partial charge in [-0.15, -0.1) is 64.9 Å². The van der Waals surface area contributed by atoms with E-state index in [0.717, 1.165) is 54.4 Å². The summed E-state index contributed by atoms with van der Waals surface area (Å²) in [6, 6.07) is 47.8. The second kappa shape index (κ2) is 14.1. The zero-order valence-corrected chi connectivity index (χ0v) is 29.0. The van der Waals surface area contributed by atoms with Crippen molar-refractivity contribution in [3.8, 4) is 44.2 Å². The summed E-state index contributed by atoms with van der Waals surface area (Å²) in [5.74, 6) is 0. The molecule has 7 aromatic rings. The first-order chi connectivity index (χ1) is 21.0. The normalized spacial score (nSPS) is 10.9. The Morgan fingerprint density at radius 2 is 1.34 bits per heavy atom. The monoisotopic (exact) mass is 782 g/mol. The average Bonchev–Trinajstić information content (AvgIpc) is 3.50. The van der Waals surface area contributed by atoms with Gasteiger partial charge in [0.15, 0.2) is 0 Å². The van der Waals surface area contributed by atoms with E-state index in [1.54, 1.807) is 17.5 Å². The molecule has 0 saturated heterocycles. The number of thiazole rings is 1. The zero-order chi connectivity index (χ0) is 29.6. The maximum absolute atomic E-state index is 5.01. The number of benzene rings is 4. The van der Waals surface area contributed by atoms with Crippen molar-refractivity contribution in [2.45, 2.75) is 19.6 Å². The van der Waals surface area contributed by atoms with Gasteiger partial charge in [-0.05, 0) is 32.9 Å². The van der Waals surface area contributed by atoms with Crippen LogP contribution >= 0.6 is 11.3 Å². The van der Waals surface area contributed by atoms with Gasteiger partial charge in [-0.25, -0.2) is 0 Å². The van der Waals surface area contributed by atoms with Crippen LogP contribution in [0.15, 0.2) is 134 Å². The van der Waals surface area contributed by atoms with E-state index in [0.29, 0.717) is 0 Å². The largest absolute Gasteiger partial charge is 0.305 e. The Bertz CT molecular complexity index is 1880. The smallest absolute Gasteiger partial charge is 0.112 e. The Morgan fingerprint density at radius 1 is 0.659 bits per heavy atom. The predicted molar refractivity (Wildman–Crippen MR) is 184 cm³/mol. The van der Waals surface area contributed by atoms with Crippen molar-refractivity contribution in [2.75, 3.05) is 0 Å². The van der Waals surface area contributed by atoms with Crippen LogP contribution in [0.5, 0.6) is 0 Å². The zero-order valence-electron chi connectivity index (χ0n) is 24.8. The molecule has 1 radical (unpaired) electrons. The Hall–Kier alpha value is -4.06. The predicted octanol–water partition coefficient (Wildman–Crippen LogP) is 9.58. The summed E-state index contributed by atoms with van der Waals surface area (Å²) in [6.45, 7) is 7.04. The van der Waals surface area contributed by atoms with Crippen LogP contribution in [0.1, 0.15) is 0 Å². The molecule has 3 nitrogen and oxygen atoms in total. The topological polar surface area (TPSA) is 38.7 Å². The van der Waals surface area contributed by atoms with Gasteiger partial charge in [0.25, 0.3) is 0 Å². The van der Waals surface area contributed by atoms with E-state index in [9.17, 15) is 0 Å². The van der Waals surface area contributed by atoms with E-state index < -0.39 is 8.07 Å². The molecule has 3 heterocycles. The fraction of sp³-hybridized carbons (Fsp3) is 0.0789. The molecule has 7 rings (SSSR count). The molecule has 0 bridgehead atoms. The van der Waals surface area contributed by atoms with Crippen LogP contribution in [0.3, 0.4) is 0 Å². The Labute approximate surface area is 278 Å². The van der Waals surface area contributed by atoms with Crippen LogP contribution in [0.4, 0.5) is 0 Å².